The topological polar surface area (TPSA) is 39.2 Å². The summed E-state index contributed by atoms with van der Waals surface area (Å²) in [7, 11) is 0. The maximum absolute atomic E-state index is 13.5. The molecule has 2 nitrogen and oxygen atoms in total. The van der Waals surface area contributed by atoms with Gasteiger partial charge in [-0.05, 0) is 30.2 Å². The zero-order valence-electron chi connectivity index (χ0n) is 8.49. The molecule has 2 N–H and O–H groups in total. The number of furan rings is 1. The van der Waals surface area contributed by atoms with Crippen LogP contribution in [-0.4, -0.2) is 0 Å². The van der Waals surface area contributed by atoms with Crippen LogP contribution >= 0.6 is 15.9 Å². The van der Waals surface area contributed by atoms with Crippen LogP contribution in [0.1, 0.15) is 17.2 Å². The van der Waals surface area contributed by atoms with Crippen LogP contribution in [0.25, 0.3) is 0 Å². The Hall–Kier alpha value is -1.13. The Kier molecular flexibility index (Phi) is 3.41. The Morgan fingerprint density at radius 3 is 2.81 bits per heavy atom. The highest BCUT2D eigenvalue weighted by atomic mass is 79.9. The van der Waals surface area contributed by atoms with Crippen LogP contribution in [0.5, 0.6) is 0 Å². The molecule has 1 aromatic carbocycles. The second-order valence-corrected chi connectivity index (χ2v) is 4.52. The monoisotopic (exact) mass is 283 g/mol. The first kappa shape index (κ1) is 11.4. The number of benzene rings is 1. The fourth-order valence-electron chi connectivity index (χ4n) is 1.53. The van der Waals surface area contributed by atoms with Crippen molar-refractivity contribution >= 4 is 15.9 Å². The fourth-order valence-corrected chi connectivity index (χ4v) is 1.86. The Morgan fingerprint density at radius 2 is 2.19 bits per heavy atom. The Bertz CT molecular complexity index is 470. The Balaban J connectivity index is 2.15. The summed E-state index contributed by atoms with van der Waals surface area (Å²) in [5.41, 5.74) is 7.43. The number of halogens is 2. The maximum Gasteiger partial charge on any atom is 0.127 e. The standard InChI is InChI=1S/C12H11BrFNO/c13-10-2-1-8(11(14)6-10)5-12(15)9-3-4-16-7-9/h1-4,6-7,12H,5,15H2. The number of rotatable bonds is 3. The van der Waals surface area contributed by atoms with E-state index in [1.54, 1.807) is 30.7 Å². The Morgan fingerprint density at radius 1 is 1.38 bits per heavy atom. The number of nitrogens with two attached hydrogens (primary N) is 1. The zero-order chi connectivity index (χ0) is 11.5. The van der Waals surface area contributed by atoms with Gasteiger partial charge >= 0.3 is 0 Å². The van der Waals surface area contributed by atoms with Crippen LogP contribution in [0, 0.1) is 5.82 Å². The highest BCUT2D eigenvalue weighted by Crippen LogP contribution is 2.21. The molecule has 0 amide bonds. The molecule has 0 spiro atoms. The van der Waals surface area contributed by atoms with E-state index in [1.165, 1.54) is 6.07 Å². The van der Waals surface area contributed by atoms with Gasteiger partial charge in [0.05, 0.1) is 12.5 Å². The minimum absolute atomic E-state index is 0.241. The molecule has 1 aromatic heterocycles. The van der Waals surface area contributed by atoms with E-state index in [2.05, 4.69) is 15.9 Å². The van der Waals surface area contributed by atoms with E-state index in [-0.39, 0.29) is 11.9 Å². The SMILES string of the molecule is NC(Cc1ccc(Br)cc1F)c1ccoc1. The van der Waals surface area contributed by atoms with E-state index in [0.29, 0.717) is 12.0 Å². The van der Waals surface area contributed by atoms with Crippen molar-refractivity contribution < 1.29 is 8.81 Å². The zero-order valence-corrected chi connectivity index (χ0v) is 10.1. The van der Waals surface area contributed by atoms with Crippen molar-refractivity contribution in [3.63, 3.8) is 0 Å². The summed E-state index contributed by atoms with van der Waals surface area (Å²) in [6.45, 7) is 0. The third-order valence-electron chi connectivity index (χ3n) is 2.43. The average Bonchev–Trinajstić information content (AvgIpc) is 2.75. The van der Waals surface area contributed by atoms with Gasteiger partial charge in [-0.1, -0.05) is 22.0 Å². The van der Waals surface area contributed by atoms with Crippen LogP contribution in [0.3, 0.4) is 0 Å². The predicted octanol–water partition coefficient (Wildman–Crippen LogP) is 3.42. The molecule has 2 rings (SSSR count). The van der Waals surface area contributed by atoms with Gasteiger partial charge in [0.15, 0.2) is 0 Å². The molecule has 0 aliphatic carbocycles. The minimum Gasteiger partial charge on any atom is -0.472 e. The molecule has 0 aliphatic heterocycles. The van der Waals surface area contributed by atoms with Crippen LogP contribution in [-0.2, 0) is 6.42 Å². The van der Waals surface area contributed by atoms with Crippen molar-refractivity contribution in [2.75, 3.05) is 0 Å². The number of hydrogen-bond acceptors (Lipinski definition) is 2. The molecule has 0 radical (unpaired) electrons. The van der Waals surface area contributed by atoms with E-state index in [4.69, 9.17) is 10.2 Å². The highest BCUT2D eigenvalue weighted by molar-refractivity contribution is 9.10. The van der Waals surface area contributed by atoms with Crippen molar-refractivity contribution in [3.05, 3.63) is 58.2 Å². The highest BCUT2D eigenvalue weighted by Gasteiger charge is 2.11. The molecular formula is C12H11BrFNO. The molecule has 0 saturated carbocycles. The summed E-state index contributed by atoms with van der Waals surface area (Å²) in [5.74, 6) is -0.242. The molecule has 16 heavy (non-hydrogen) atoms. The second-order valence-electron chi connectivity index (χ2n) is 3.60. The molecule has 1 heterocycles. The third kappa shape index (κ3) is 2.51. The summed E-state index contributed by atoms with van der Waals surface area (Å²) in [5, 5.41) is 0. The van der Waals surface area contributed by atoms with E-state index in [9.17, 15) is 4.39 Å². The molecule has 2 aromatic rings. The van der Waals surface area contributed by atoms with Gasteiger partial charge in [0.25, 0.3) is 0 Å². The van der Waals surface area contributed by atoms with E-state index in [1.807, 2.05) is 0 Å². The molecule has 1 unspecified atom stereocenters. The third-order valence-corrected chi connectivity index (χ3v) is 2.92. The number of hydrogen-bond donors (Lipinski definition) is 1. The predicted molar refractivity (Wildman–Crippen MR) is 63.4 cm³/mol. The normalized spacial score (nSPS) is 12.7. The average molecular weight is 284 g/mol. The smallest absolute Gasteiger partial charge is 0.127 e. The van der Waals surface area contributed by atoms with E-state index < -0.39 is 0 Å². The lowest BCUT2D eigenvalue weighted by atomic mass is 10.0. The summed E-state index contributed by atoms with van der Waals surface area (Å²) in [6, 6.07) is 6.54. The quantitative estimate of drug-likeness (QED) is 0.938. The first-order valence-corrected chi connectivity index (χ1v) is 5.67. The maximum atomic E-state index is 13.5. The van der Waals surface area contributed by atoms with Gasteiger partial charge in [-0.15, -0.1) is 0 Å². The molecule has 84 valence electrons. The molecule has 4 heteroatoms. The molecule has 0 bridgehead atoms. The van der Waals surface area contributed by atoms with Gasteiger partial charge in [0.2, 0.25) is 0 Å². The van der Waals surface area contributed by atoms with Crippen molar-refractivity contribution in [2.24, 2.45) is 5.73 Å². The first-order chi connectivity index (χ1) is 7.66. The van der Waals surface area contributed by atoms with Gasteiger partial charge in [-0.25, -0.2) is 4.39 Å². The fraction of sp³-hybridized carbons (Fsp3) is 0.167. The lowest BCUT2D eigenvalue weighted by molar-refractivity contribution is 0.555. The minimum atomic E-state index is -0.242. The van der Waals surface area contributed by atoms with Crippen LogP contribution < -0.4 is 5.73 Å². The largest absolute Gasteiger partial charge is 0.472 e. The van der Waals surface area contributed by atoms with Crippen LogP contribution in [0.4, 0.5) is 4.39 Å². The van der Waals surface area contributed by atoms with Crippen molar-refractivity contribution in [1.29, 1.82) is 0 Å². The van der Waals surface area contributed by atoms with Crippen molar-refractivity contribution in [2.45, 2.75) is 12.5 Å². The first-order valence-electron chi connectivity index (χ1n) is 4.88. The van der Waals surface area contributed by atoms with E-state index >= 15 is 0 Å². The van der Waals surface area contributed by atoms with Gasteiger partial charge in [-0.3, -0.25) is 0 Å². The molecule has 0 aliphatic rings. The molecule has 0 fully saturated rings. The summed E-state index contributed by atoms with van der Waals surface area (Å²) >= 11 is 3.21. The van der Waals surface area contributed by atoms with Crippen LogP contribution in [0.15, 0.2) is 45.7 Å². The molecular weight excluding hydrogens is 273 g/mol. The summed E-state index contributed by atoms with van der Waals surface area (Å²) in [4.78, 5) is 0. The van der Waals surface area contributed by atoms with Crippen molar-refractivity contribution in [1.82, 2.24) is 0 Å². The lowest BCUT2D eigenvalue weighted by Gasteiger charge is -2.10. The summed E-state index contributed by atoms with van der Waals surface area (Å²) in [6.07, 6.45) is 3.60. The van der Waals surface area contributed by atoms with Crippen LogP contribution in [0.2, 0.25) is 0 Å². The van der Waals surface area contributed by atoms with Gasteiger partial charge in [0.1, 0.15) is 5.82 Å². The summed E-state index contributed by atoms with van der Waals surface area (Å²) < 4.78 is 19.2. The van der Waals surface area contributed by atoms with Gasteiger partial charge < -0.3 is 10.2 Å². The molecule has 1 atom stereocenters. The Labute approximate surface area is 101 Å². The van der Waals surface area contributed by atoms with Crippen molar-refractivity contribution in [3.8, 4) is 0 Å². The van der Waals surface area contributed by atoms with Gasteiger partial charge in [-0.2, -0.15) is 0 Å². The lowest BCUT2D eigenvalue weighted by Crippen LogP contribution is -2.13. The molecule has 0 saturated heterocycles. The second kappa shape index (κ2) is 4.80. The van der Waals surface area contributed by atoms with Gasteiger partial charge in [0, 0.05) is 16.1 Å². The van der Waals surface area contributed by atoms with E-state index in [0.717, 1.165) is 10.0 Å².